The van der Waals surface area contributed by atoms with Crippen LogP contribution in [0.5, 0.6) is 0 Å². The van der Waals surface area contributed by atoms with E-state index < -0.39 is 11.7 Å². The van der Waals surface area contributed by atoms with Crippen LogP contribution < -0.4 is 11.1 Å². The van der Waals surface area contributed by atoms with Gasteiger partial charge < -0.3 is 25.6 Å². The van der Waals surface area contributed by atoms with Gasteiger partial charge in [-0.1, -0.05) is 0 Å². The highest BCUT2D eigenvalue weighted by molar-refractivity contribution is 5.67. The summed E-state index contributed by atoms with van der Waals surface area (Å²) in [5, 5.41) is 2.78. The third-order valence-corrected chi connectivity index (χ3v) is 2.89. The highest BCUT2D eigenvalue weighted by Crippen LogP contribution is 2.06. The molecule has 120 valence electrons. The number of ether oxygens (including phenoxy) is 1. The molecular weight excluding hydrogens is 256 g/mol. The Morgan fingerprint density at radius 3 is 2.30 bits per heavy atom. The summed E-state index contributed by atoms with van der Waals surface area (Å²) in [5.41, 5.74) is 5.30. The minimum Gasteiger partial charge on any atom is -0.444 e. The van der Waals surface area contributed by atoms with E-state index in [4.69, 9.17) is 10.5 Å². The van der Waals surface area contributed by atoms with Crippen molar-refractivity contribution in [1.82, 2.24) is 15.1 Å². The Bertz CT molecular complexity index is 277. The first kappa shape index (κ1) is 19.1. The van der Waals surface area contributed by atoms with Crippen molar-refractivity contribution in [1.29, 1.82) is 0 Å². The highest BCUT2D eigenvalue weighted by Gasteiger charge is 2.18. The number of hydrogen-bond acceptors (Lipinski definition) is 5. The normalized spacial score (nSPS) is 13.7. The number of nitrogens with two attached hydrogens (primary N) is 1. The Morgan fingerprint density at radius 1 is 1.25 bits per heavy atom. The minimum atomic E-state index is -0.472. The number of nitrogens with one attached hydrogen (secondary N) is 1. The van der Waals surface area contributed by atoms with Crippen LogP contribution in [0, 0.1) is 0 Å². The molecule has 0 radical (unpaired) electrons. The van der Waals surface area contributed by atoms with E-state index in [1.165, 1.54) is 0 Å². The molecule has 0 saturated heterocycles. The number of carbonyl (C=O) groups excluding carboxylic acids is 1. The standard InChI is InChI=1S/C14H32N4O2/c1-14(2,3)20-13(19)16-11-12(10-15)18(6)9-7-8-17(4)5/h12H,7-11,15H2,1-6H3,(H,16,19). The van der Waals surface area contributed by atoms with Crippen molar-refractivity contribution in [2.45, 2.75) is 38.8 Å². The lowest BCUT2D eigenvalue weighted by Crippen LogP contribution is -2.47. The molecule has 0 bridgehead atoms. The van der Waals surface area contributed by atoms with Gasteiger partial charge in [0.15, 0.2) is 0 Å². The number of hydrogen-bond donors (Lipinski definition) is 2. The van der Waals surface area contributed by atoms with E-state index in [1.807, 2.05) is 27.8 Å². The van der Waals surface area contributed by atoms with Crippen molar-refractivity contribution in [3.63, 3.8) is 0 Å². The monoisotopic (exact) mass is 288 g/mol. The molecule has 0 aromatic carbocycles. The number of amides is 1. The lowest BCUT2D eigenvalue weighted by Gasteiger charge is -2.28. The molecule has 1 unspecified atom stereocenters. The van der Waals surface area contributed by atoms with Crippen LogP contribution in [-0.4, -0.2) is 74.9 Å². The van der Waals surface area contributed by atoms with Crippen LogP contribution in [0.25, 0.3) is 0 Å². The van der Waals surface area contributed by atoms with E-state index >= 15 is 0 Å². The molecule has 1 amide bonds. The second-order valence-corrected chi connectivity index (χ2v) is 6.41. The van der Waals surface area contributed by atoms with Crippen molar-refractivity contribution < 1.29 is 9.53 Å². The maximum atomic E-state index is 11.6. The number of nitrogens with zero attached hydrogens (tertiary/aromatic N) is 2. The zero-order valence-corrected chi connectivity index (χ0v) is 13.9. The Kier molecular flexibility index (Phi) is 8.76. The number of carbonyl (C=O) groups is 1. The van der Waals surface area contributed by atoms with Gasteiger partial charge >= 0.3 is 6.09 Å². The first-order valence-electron chi connectivity index (χ1n) is 7.17. The molecule has 0 heterocycles. The van der Waals surface area contributed by atoms with Crippen molar-refractivity contribution in [3.8, 4) is 0 Å². The summed E-state index contributed by atoms with van der Waals surface area (Å²) in [7, 11) is 6.15. The molecule has 20 heavy (non-hydrogen) atoms. The second-order valence-electron chi connectivity index (χ2n) is 6.41. The van der Waals surface area contributed by atoms with Crippen LogP contribution >= 0.6 is 0 Å². The van der Waals surface area contributed by atoms with Crippen LogP contribution in [0.3, 0.4) is 0 Å². The summed E-state index contributed by atoms with van der Waals surface area (Å²) in [6, 6.07) is 0.129. The molecule has 6 nitrogen and oxygen atoms in total. The zero-order valence-electron chi connectivity index (χ0n) is 13.9. The van der Waals surface area contributed by atoms with Crippen molar-refractivity contribution >= 4 is 6.09 Å². The van der Waals surface area contributed by atoms with Gasteiger partial charge in [0.05, 0.1) is 0 Å². The molecule has 6 heteroatoms. The van der Waals surface area contributed by atoms with E-state index in [0.717, 1.165) is 19.5 Å². The Hall–Kier alpha value is -0.850. The van der Waals surface area contributed by atoms with Gasteiger partial charge in [-0.15, -0.1) is 0 Å². The molecule has 0 aliphatic heterocycles. The van der Waals surface area contributed by atoms with E-state index in [9.17, 15) is 4.79 Å². The number of rotatable bonds is 8. The van der Waals surface area contributed by atoms with E-state index in [0.29, 0.717) is 13.1 Å². The van der Waals surface area contributed by atoms with E-state index in [-0.39, 0.29) is 6.04 Å². The molecule has 0 saturated carbocycles. The van der Waals surface area contributed by atoms with Gasteiger partial charge in [-0.05, 0) is 61.4 Å². The maximum absolute atomic E-state index is 11.6. The summed E-state index contributed by atoms with van der Waals surface area (Å²) in [6.07, 6.45) is 0.685. The third kappa shape index (κ3) is 10.00. The molecule has 0 aromatic heterocycles. The van der Waals surface area contributed by atoms with Crippen LogP contribution in [0.2, 0.25) is 0 Å². The predicted octanol–water partition coefficient (Wildman–Crippen LogP) is 0.722. The summed E-state index contributed by atoms with van der Waals surface area (Å²) < 4.78 is 5.21. The van der Waals surface area contributed by atoms with Gasteiger partial charge in [0.25, 0.3) is 0 Å². The van der Waals surface area contributed by atoms with Crippen molar-refractivity contribution in [2.24, 2.45) is 5.73 Å². The van der Waals surface area contributed by atoms with Crippen LogP contribution in [0.1, 0.15) is 27.2 Å². The van der Waals surface area contributed by atoms with Crippen molar-refractivity contribution in [2.75, 3.05) is 47.3 Å². The quantitative estimate of drug-likeness (QED) is 0.689. The Morgan fingerprint density at radius 2 is 1.85 bits per heavy atom. The van der Waals surface area contributed by atoms with Crippen molar-refractivity contribution in [3.05, 3.63) is 0 Å². The van der Waals surface area contributed by atoms with Gasteiger partial charge in [-0.25, -0.2) is 4.79 Å². The third-order valence-electron chi connectivity index (χ3n) is 2.89. The average Bonchev–Trinajstić information content (AvgIpc) is 2.26. The summed E-state index contributed by atoms with van der Waals surface area (Å²) in [6.45, 7) is 8.55. The summed E-state index contributed by atoms with van der Waals surface area (Å²) >= 11 is 0. The first-order chi connectivity index (χ1) is 9.15. The second kappa shape index (κ2) is 9.15. The first-order valence-corrected chi connectivity index (χ1v) is 7.17. The summed E-state index contributed by atoms with van der Waals surface area (Å²) in [4.78, 5) is 15.9. The molecule has 0 rings (SSSR count). The average molecular weight is 288 g/mol. The molecule has 0 spiro atoms. The number of alkyl carbamates (subject to hydrolysis) is 1. The SMILES string of the molecule is CN(C)CCCN(C)C(CN)CNC(=O)OC(C)(C)C. The number of likely N-dealkylation sites (N-methyl/N-ethyl adjacent to an activating group) is 1. The lowest BCUT2D eigenvalue weighted by molar-refractivity contribution is 0.0512. The largest absolute Gasteiger partial charge is 0.444 e. The Labute approximate surface area is 123 Å². The van der Waals surface area contributed by atoms with Gasteiger partial charge in [0.1, 0.15) is 5.60 Å². The maximum Gasteiger partial charge on any atom is 0.407 e. The molecular formula is C14H32N4O2. The summed E-state index contributed by atoms with van der Waals surface area (Å²) in [5.74, 6) is 0. The molecule has 1 atom stereocenters. The van der Waals surface area contributed by atoms with Gasteiger partial charge in [0, 0.05) is 19.1 Å². The molecule has 0 fully saturated rings. The smallest absolute Gasteiger partial charge is 0.407 e. The minimum absolute atomic E-state index is 0.129. The van der Waals surface area contributed by atoms with Gasteiger partial charge in [-0.2, -0.15) is 0 Å². The lowest BCUT2D eigenvalue weighted by atomic mass is 10.2. The highest BCUT2D eigenvalue weighted by atomic mass is 16.6. The predicted molar refractivity (Wildman–Crippen MR) is 82.9 cm³/mol. The molecule has 0 aliphatic carbocycles. The van der Waals surface area contributed by atoms with Gasteiger partial charge in [-0.3, -0.25) is 0 Å². The Balaban J connectivity index is 4.04. The van der Waals surface area contributed by atoms with Crippen LogP contribution in [0.4, 0.5) is 4.79 Å². The van der Waals surface area contributed by atoms with Crippen LogP contribution in [0.15, 0.2) is 0 Å². The molecule has 0 aliphatic rings. The molecule has 0 aromatic rings. The fourth-order valence-electron chi connectivity index (χ4n) is 1.75. The van der Waals surface area contributed by atoms with E-state index in [1.54, 1.807) is 0 Å². The fraction of sp³-hybridized carbons (Fsp3) is 0.929. The zero-order chi connectivity index (χ0) is 15.8. The van der Waals surface area contributed by atoms with E-state index in [2.05, 4.69) is 29.2 Å². The fourth-order valence-corrected chi connectivity index (χ4v) is 1.75. The van der Waals surface area contributed by atoms with Gasteiger partial charge in [0.2, 0.25) is 0 Å². The molecule has 3 N–H and O–H groups in total. The van der Waals surface area contributed by atoms with Crippen LogP contribution in [-0.2, 0) is 4.74 Å². The topological polar surface area (TPSA) is 70.8 Å².